The van der Waals surface area contributed by atoms with E-state index in [0.29, 0.717) is 12.6 Å². The highest BCUT2D eigenvalue weighted by Crippen LogP contribution is 2.42. The summed E-state index contributed by atoms with van der Waals surface area (Å²) < 4.78 is 10.9. The number of hydrogen-bond acceptors (Lipinski definition) is 4. The summed E-state index contributed by atoms with van der Waals surface area (Å²) in [5.41, 5.74) is 0.0611. The molecule has 2 rings (SSSR count). The van der Waals surface area contributed by atoms with Crippen LogP contribution in [0.15, 0.2) is 22.8 Å². The number of carbonyl (C=O) groups is 1. The topological polar surface area (TPSA) is 63.5 Å². The second-order valence-corrected chi connectivity index (χ2v) is 6.24. The Bertz CT molecular complexity index is 456. The minimum absolute atomic E-state index is 0.0120. The van der Waals surface area contributed by atoms with Crippen molar-refractivity contribution < 1.29 is 13.9 Å². The van der Waals surface area contributed by atoms with E-state index in [-0.39, 0.29) is 23.5 Å². The second-order valence-electron chi connectivity index (χ2n) is 6.24. The van der Waals surface area contributed by atoms with Crippen LogP contribution in [0, 0.1) is 5.41 Å². The first kappa shape index (κ1) is 16.0. The lowest BCUT2D eigenvalue weighted by Gasteiger charge is -2.52. The molecule has 5 heteroatoms. The van der Waals surface area contributed by atoms with Gasteiger partial charge in [0.2, 0.25) is 5.91 Å². The summed E-state index contributed by atoms with van der Waals surface area (Å²) in [6.45, 7) is 9.43. The number of hydrogen-bond donors (Lipinski definition) is 2. The predicted octanol–water partition coefficient (Wildman–Crippen LogP) is 2.08. The first-order valence-corrected chi connectivity index (χ1v) is 7.63. The van der Waals surface area contributed by atoms with Gasteiger partial charge in [-0.3, -0.25) is 4.79 Å². The van der Waals surface area contributed by atoms with Crippen molar-refractivity contribution >= 4 is 5.91 Å². The lowest BCUT2D eigenvalue weighted by Crippen LogP contribution is -2.64. The molecule has 118 valence electrons. The van der Waals surface area contributed by atoms with Crippen LogP contribution < -0.4 is 10.6 Å². The molecule has 0 radical (unpaired) electrons. The predicted molar refractivity (Wildman–Crippen MR) is 80.8 cm³/mol. The van der Waals surface area contributed by atoms with Gasteiger partial charge in [-0.1, -0.05) is 13.8 Å². The molecule has 1 aliphatic rings. The van der Waals surface area contributed by atoms with Crippen LogP contribution in [0.2, 0.25) is 0 Å². The molecular weight excluding hydrogens is 268 g/mol. The Morgan fingerprint density at radius 1 is 1.57 bits per heavy atom. The average molecular weight is 294 g/mol. The van der Waals surface area contributed by atoms with Crippen LogP contribution in [0.25, 0.3) is 0 Å². The van der Waals surface area contributed by atoms with Crippen LogP contribution in [0.3, 0.4) is 0 Å². The fraction of sp³-hybridized carbons (Fsp3) is 0.688. The van der Waals surface area contributed by atoms with Crippen LogP contribution in [0.1, 0.15) is 39.9 Å². The molecule has 2 N–H and O–H groups in total. The molecule has 1 heterocycles. The van der Waals surface area contributed by atoms with Crippen LogP contribution in [-0.4, -0.2) is 30.7 Å². The summed E-state index contributed by atoms with van der Waals surface area (Å²) in [5.74, 6) is 0.748. The zero-order valence-electron chi connectivity index (χ0n) is 13.3. The average Bonchev–Trinajstić information content (AvgIpc) is 2.96. The van der Waals surface area contributed by atoms with E-state index in [1.807, 2.05) is 26.0 Å². The molecular formula is C16H26N2O3. The Morgan fingerprint density at radius 2 is 2.33 bits per heavy atom. The summed E-state index contributed by atoms with van der Waals surface area (Å²) >= 11 is 0. The van der Waals surface area contributed by atoms with E-state index in [0.717, 1.165) is 18.8 Å². The minimum Gasteiger partial charge on any atom is -0.467 e. The smallest absolute Gasteiger partial charge is 0.237 e. The van der Waals surface area contributed by atoms with Crippen molar-refractivity contribution in [2.45, 2.75) is 58.8 Å². The number of ether oxygens (including phenoxy) is 1. The Hall–Kier alpha value is -1.33. The van der Waals surface area contributed by atoms with E-state index in [4.69, 9.17) is 9.15 Å². The number of carbonyl (C=O) groups excluding carboxylic acids is 1. The first-order chi connectivity index (χ1) is 9.95. The van der Waals surface area contributed by atoms with Gasteiger partial charge in [0, 0.05) is 18.1 Å². The Labute approximate surface area is 126 Å². The van der Waals surface area contributed by atoms with Crippen molar-refractivity contribution in [3.63, 3.8) is 0 Å². The molecule has 5 nitrogen and oxygen atoms in total. The van der Waals surface area contributed by atoms with Gasteiger partial charge in [-0.15, -0.1) is 0 Å². The Kier molecular flexibility index (Phi) is 5.06. The van der Waals surface area contributed by atoms with E-state index in [9.17, 15) is 4.79 Å². The summed E-state index contributed by atoms with van der Waals surface area (Å²) in [5, 5.41) is 6.28. The van der Waals surface area contributed by atoms with Crippen molar-refractivity contribution in [1.29, 1.82) is 0 Å². The largest absolute Gasteiger partial charge is 0.467 e. The molecule has 3 unspecified atom stereocenters. The van der Waals surface area contributed by atoms with Crippen molar-refractivity contribution in [2.24, 2.45) is 5.41 Å². The van der Waals surface area contributed by atoms with E-state index < -0.39 is 0 Å². The van der Waals surface area contributed by atoms with Crippen LogP contribution in [0.5, 0.6) is 0 Å². The van der Waals surface area contributed by atoms with Gasteiger partial charge >= 0.3 is 0 Å². The zero-order valence-corrected chi connectivity index (χ0v) is 13.3. The quantitative estimate of drug-likeness (QED) is 0.808. The highest BCUT2D eigenvalue weighted by atomic mass is 16.5. The maximum atomic E-state index is 12.1. The van der Waals surface area contributed by atoms with Crippen LogP contribution >= 0.6 is 0 Å². The molecule has 1 aromatic rings. The van der Waals surface area contributed by atoms with Crippen LogP contribution in [0.4, 0.5) is 0 Å². The van der Waals surface area contributed by atoms with Crippen LogP contribution in [-0.2, 0) is 16.1 Å². The summed E-state index contributed by atoms with van der Waals surface area (Å²) in [6, 6.07) is 3.74. The fourth-order valence-electron chi connectivity index (χ4n) is 2.77. The summed E-state index contributed by atoms with van der Waals surface area (Å²) in [7, 11) is 0. The third-order valence-corrected chi connectivity index (χ3v) is 4.41. The van der Waals surface area contributed by atoms with Crippen molar-refractivity contribution in [3.05, 3.63) is 24.2 Å². The fourth-order valence-corrected chi connectivity index (χ4v) is 2.77. The molecule has 1 amide bonds. The standard InChI is InChI=1S/C16H26N2O3/c1-5-20-14-9-13(16(14,3)4)18-11(2)15(19)17-10-12-7-6-8-21-12/h6-8,11,13-14,18H,5,9-10H2,1-4H3,(H,17,19). The highest BCUT2D eigenvalue weighted by Gasteiger charge is 2.49. The monoisotopic (exact) mass is 294 g/mol. The Balaban J connectivity index is 1.76. The number of amides is 1. The number of rotatable bonds is 7. The zero-order chi connectivity index (χ0) is 15.5. The molecule has 1 aromatic heterocycles. The lowest BCUT2D eigenvalue weighted by molar-refractivity contribution is -0.130. The van der Waals surface area contributed by atoms with Gasteiger partial charge in [0.1, 0.15) is 5.76 Å². The number of furan rings is 1. The molecule has 3 atom stereocenters. The van der Waals surface area contributed by atoms with Gasteiger partial charge in [-0.2, -0.15) is 0 Å². The third-order valence-electron chi connectivity index (χ3n) is 4.41. The van der Waals surface area contributed by atoms with E-state index in [2.05, 4.69) is 24.5 Å². The molecule has 21 heavy (non-hydrogen) atoms. The van der Waals surface area contributed by atoms with Gasteiger partial charge in [0.05, 0.1) is 25.0 Å². The second kappa shape index (κ2) is 6.62. The molecule has 0 aliphatic heterocycles. The minimum atomic E-state index is -0.230. The van der Waals surface area contributed by atoms with Crippen molar-refractivity contribution in [2.75, 3.05) is 6.61 Å². The van der Waals surface area contributed by atoms with Crippen molar-refractivity contribution in [1.82, 2.24) is 10.6 Å². The highest BCUT2D eigenvalue weighted by molar-refractivity contribution is 5.81. The molecule has 0 saturated heterocycles. The Morgan fingerprint density at radius 3 is 2.90 bits per heavy atom. The van der Waals surface area contributed by atoms with E-state index in [1.54, 1.807) is 6.26 Å². The molecule has 1 aliphatic carbocycles. The lowest BCUT2D eigenvalue weighted by atomic mass is 9.64. The molecule has 0 aromatic carbocycles. The maximum absolute atomic E-state index is 12.1. The van der Waals surface area contributed by atoms with Gasteiger partial charge in [-0.05, 0) is 32.4 Å². The SMILES string of the molecule is CCOC1CC(NC(C)C(=O)NCc2ccco2)C1(C)C. The molecule has 0 bridgehead atoms. The summed E-state index contributed by atoms with van der Waals surface area (Å²) in [4.78, 5) is 12.1. The molecule has 1 fully saturated rings. The van der Waals surface area contributed by atoms with Crippen molar-refractivity contribution in [3.8, 4) is 0 Å². The molecule has 0 spiro atoms. The van der Waals surface area contributed by atoms with E-state index in [1.165, 1.54) is 0 Å². The van der Waals surface area contributed by atoms with Gasteiger partial charge in [0.15, 0.2) is 0 Å². The van der Waals surface area contributed by atoms with Gasteiger partial charge in [0.25, 0.3) is 0 Å². The normalized spacial score (nSPS) is 25.1. The third kappa shape index (κ3) is 3.66. The first-order valence-electron chi connectivity index (χ1n) is 7.63. The summed E-state index contributed by atoms with van der Waals surface area (Å²) in [6.07, 6.45) is 2.84. The van der Waals surface area contributed by atoms with Gasteiger partial charge < -0.3 is 19.8 Å². The van der Waals surface area contributed by atoms with E-state index >= 15 is 0 Å². The maximum Gasteiger partial charge on any atom is 0.237 e. The van der Waals surface area contributed by atoms with Gasteiger partial charge in [-0.25, -0.2) is 0 Å². The number of nitrogens with one attached hydrogen (secondary N) is 2. The molecule has 1 saturated carbocycles.